The standard InChI is InChI=1S/C21H22N2O4S/c1-13-11-12-28-17(13)9-10-18(24)27-14(2)19(25)23-16-8-6-5-7-15(16)22-20(26)21(23,3)4/h5-12,14H,1-4H3,(H,22,26)/b10-9+/t14-/m1/s1. The fraction of sp³-hybridized carbons (Fsp3) is 0.286. The van der Waals surface area contributed by atoms with Crippen molar-refractivity contribution in [2.24, 2.45) is 0 Å². The summed E-state index contributed by atoms with van der Waals surface area (Å²) in [6.07, 6.45) is 1.94. The topological polar surface area (TPSA) is 75.7 Å². The Bertz CT molecular complexity index is 961. The molecule has 0 unspecified atom stereocenters. The lowest BCUT2D eigenvalue weighted by atomic mass is 9.95. The van der Waals surface area contributed by atoms with Crippen LogP contribution in [-0.4, -0.2) is 29.4 Å². The molecule has 0 aliphatic carbocycles. The molecule has 0 spiro atoms. The molecule has 1 aliphatic rings. The minimum Gasteiger partial charge on any atom is -0.449 e. The van der Waals surface area contributed by atoms with Crippen molar-refractivity contribution in [3.05, 3.63) is 52.2 Å². The third kappa shape index (κ3) is 3.71. The number of thiophene rings is 1. The van der Waals surface area contributed by atoms with E-state index in [0.29, 0.717) is 11.4 Å². The number of para-hydroxylation sites is 2. The van der Waals surface area contributed by atoms with Crippen molar-refractivity contribution in [3.8, 4) is 0 Å². The lowest BCUT2D eigenvalue weighted by Gasteiger charge is -2.42. The summed E-state index contributed by atoms with van der Waals surface area (Å²) in [7, 11) is 0. The predicted molar refractivity (Wildman–Crippen MR) is 110 cm³/mol. The smallest absolute Gasteiger partial charge is 0.331 e. The van der Waals surface area contributed by atoms with Crippen molar-refractivity contribution < 1.29 is 19.1 Å². The molecule has 2 heterocycles. The van der Waals surface area contributed by atoms with Crippen LogP contribution in [-0.2, 0) is 19.1 Å². The van der Waals surface area contributed by atoms with Crippen molar-refractivity contribution >= 4 is 46.6 Å². The summed E-state index contributed by atoms with van der Waals surface area (Å²) in [5.41, 5.74) is 1.07. The van der Waals surface area contributed by atoms with Gasteiger partial charge in [0, 0.05) is 11.0 Å². The number of esters is 1. The van der Waals surface area contributed by atoms with Gasteiger partial charge in [0.15, 0.2) is 6.10 Å². The highest BCUT2D eigenvalue weighted by Gasteiger charge is 2.45. The van der Waals surface area contributed by atoms with Crippen molar-refractivity contribution in [2.45, 2.75) is 39.3 Å². The van der Waals surface area contributed by atoms with E-state index in [0.717, 1.165) is 10.4 Å². The Morgan fingerprint density at radius 1 is 1.25 bits per heavy atom. The molecule has 1 aliphatic heterocycles. The molecule has 7 heteroatoms. The van der Waals surface area contributed by atoms with E-state index in [9.17, 15) is 14.4 Å². The average Bonchev–Trinajstić information content (AvgIpc) is 3.05. The molecular weight excluding hydrogens is 376 g/mol. The van der Waals surface area contributed by atoms with Crippen LogP contribution >= 0.6 is 11.3 Å². The fourth-order valence-corrected chi connectivity index (χ4v) is 3.81. The molecule has 1 aromatic heterocycles. The Hall–Kier alpha value is -2.93. The van der Waals surface area contributed by atoms with E-state index in [2.05, 4.69) is 5.32 Å². The van der Waals surface area contributed by atoms with Crippen LogP contribution < -0.4 is 10.2 Å². The van der Waals surface area contributed by atoms with Gasteiger partial charge in [-0.1, -0.05) is 12.1 Å². The molecule has 1 N–H and O–H groups in total. The monoisotopic (exact) mass is 398 g/mol. The number of hydrogen-bond acceptors (Lipinski definition) is 5. The number of fused-ring (bicyclic) bond motifs is 1. The summed E-state index contributed by atoms with van der Waals surface area (Å²) in [5.74, 6) is -1.37. The number of aryl methyl sites for hydroxylation is 1. The Kier molecular flexibility index (Phi) is 5.38. The van der Waals surface area contributed by atoms with Crippen LogP contribution in [0.3, 0.4) is 0 Å². The predicted octanol–water partition coefficient (Wildman–Crippen LogP) is 3.77. The summed E-state index contributed by atoms with van der Waals surface area (Å²) in [4.78, 5) is 40.1. The van der Waals surface area contributed by atoms with Crippen molar-refractivity contribution in [3.63, 3.8) is 0 Å². The Morgan fingerprint density at radius 3 is 2.64 bits per heavy atom. The number of anilines is 2. The number of carbonyl (C=O) groups is 3. The second-order valence-electron chi connectivity index (χ2n) is 7.08. The van der Waals surface area contributed by atoms with Gasteiger partial charge in [0.05, 0.1) is 11.4 Å². The number of benzene rings is 1. The van der Waals surface area contributed by atoms with Gasteiger partial charge in [0.1, 0.15) is 5.54 Å². The van der Waals surface area contributed by atoms with Crippen molar-refractivity contribution in [1.82, 2.24) is 0 Å². The molecule has 1 aromatic carbocycles. The summed E-state index contributed by atoms with van der Waals surface area (Å²) < 4.78 is 5.30. The second kappa shape index (κ2) is 7.59. The highest BCUT2D eigenvalue weighted by atomic mass is 32.1. The van der Waals surface area contributed by atoms with Crippen LogP contribution in [0.1, 0.15) is 31.2 Å². The molecule has 0 bridgehead atoms. The largest absolute Gasteiger partial charge is 0.449 e. The van der Waals surface area contributed by atoms with Crippen LogP contribution in [0.25, 0.3) is 6.08 Å². The first-order valence-corrected chi connectivity index (χ1v) is 9.77. The normalized spacial score (nSPS) is 16.4. The van der Waals surface area contributed by atoms with E-state index >= 15 is 0 Å². The molecule has 0 saturated heterocycles. The number of carbonyl (C=O) groups excluding carboxylic acids is 3. The van der Waals surface area contributed by atoms with Gasteiger partial charge in [0.2, 0.25) is 5.91 Å². The van der Waals surface area contributed by atoms with Gasteiger partial charge < -0.3 is 10.1 Å². The number of nitrogens with one attached hydrogen (secondary N) is 1. The average molecular weight is 398 g/mol. The number of rotatable bonds is 4. The van der Waals surface area contributed by atoms with Gasteiger partial charge in [-0.2, -0.15) is 0 Å². The third-order valence-electron chi connectivity index (χ3n) is 4.64. The molecule has 0 radical (unpaired) electrons. The van der Waals surface area contributed by atoms with Gasteiger partial charge in [-0.25, -0.2) is 4.79 Å². The van der Waals surface area contributed by atoms with Crippen LogP contribution in [0.5, 0.6) is 0 Å². The van der Waals surface area contributed by atoms with Crippen LogP contribution in [0.2, 0.25) is 0 Å². The molecule has 0 saturated carbocycles. The lowest BCUT2D eigenvalue weighted by Crippen LogP contribution is -2.60. The Morgan fingerprint density at radius 2 is 1.96 bits per heavy atom. The highest BCUT2D eigenvalue weighted by molar-refractivity contribution is 7.11. The first-order chi connectivity index (χ1) is 13.2. The van der Waals surface area contributed by atoms with Crippen LogP contribution in [0.4, 0.5) is 11.4 Å². The van der Waals surface area contributed by atoms with Crippen molar-refractivity contribution in [2.75, 3.05) is 10.2 Å². The van der Waals surface area contributed by atoms with Gasteiger partial charge in [-0.15, -0.1) is 11.3 Å². The minimum atomic E-state index is -1.12. The number of amides is 2. The number of nitrogens with zero attached hydrogens (tertiary/aromatic N) is 1. The minimum absolute atomic E-state index is 0.300. The molecule has 1 atom stereocenters. The molecule has 2 amide bonds. The summed E-state index contributed by atoms with van der Waals surface area (Å²) in [5, 5.41) is 4.74. The summed E-state index contributed by atoms with van der Waals surface area (Å²) >= 11 is 1.52. The fourth-order valence-electron chi connectivity index (χ4n) is 2.99. The Labute approximate surface area is 167 Å². The maximum Gasteiger partial charge on any atom is 0.331 e. The number of ether oxygens (including phenoxy) is 1. The number of hydrogen-bond donors (Lipinski definition) is 1. The lowest BCUT2D eigenvalue weighted by molar-refractivity contribution is -0.149. The van der Waals surface area contributed by atoms with Gasteiger partial charge in [-0.3, -0.25) is 14.5 Å². The van der Waals surface area contributed by atoms with Gasteiger partial charge in [-0.05, 0) is 62.9 Å². The molecule has 28 heavy (non-hydrogen) atoms. The van der Waals surface area contributed by atoms with Gasteiger partial charge >= 0.3 is 5.97 Å². The first-order valence-electron chi connectivity index (χ1n) is 8.89. The molecule has 2 aromatic rings. The summed E-state index contributed by atoms with van der Waals surface area (Å²) in [6.45, 7) is 6.78. The molecule has 3 rings (SSSR count). The van der Waals surface area contributed by atoms with Crippen LogP contribution in [0, 0.1) is 6.92 Å². The van der Waals surface area contributed by atoms with Crippen molar-refractivity contribution in [1.29, 1.82) is 0 Å². The molecular formula is C21H22N2O4S. The first kappa shape index (κ1) is 19.8. The van der Waals surface area contributed by atoms with E-state index in [4.69, 9.17) is 4.74 Å². The maximum atomic E-state index is 13.1. The second-order valence-corrected chi connectivity index (χ2v) is 8.03. The van der Waals surface area contributed by atoms with Crippen LogP contribution in [0.15, 0.2) is 41.8 Å². The zero-order chi connectivity index (χ0) is 20.5. The molecule has 6 nitrogen and oxygen atoms in total. The maximum absolute atomic E-state index is 13.1. The van der Waals surface area contributed by atoms with E-state index in [1.807, 2.05) is 18.4 Å². The van der Waals surface area contributed by atoms with Gasteiger partial charge in [0.25, 0.3) is 5.91 Å². The van der Waals surface area contributed by atoms with E-state index < -0.39 is 23.5 Å². The Balaban J connectivity index is 1.78. The zero-order valence-corrected chi connectivity index (χ0v) is 17.0. The van der Waals surface area contributed by atoms with E-state index in [1.165, 1.54) is 29.2 Å². The molecule has 0 fully saturated rings. The SMILES string of the molecule is Cc1ccsc1/C=C/C(=O)O[C@H](C)C(=O)N1c2ccccc2NC(=O)C1(C)C. The zero-order valence-electron chi connectivity index (χ0n) is 16.2. The molecule has 146 valence electrons. The summed E-state index contributed by atoms with van der Waals surface area (Å²) in [6, 6.07) is 9.01. The van der Waals surface area contributed by atoms with E-state index in [1.54, 1.807) is 44.2 Å². The third-order valence-corrected chi connectivity index (χ3v) is 5.63. The highest BCUT2D eigenvalue weighted by Crippen LogP contribution is 2.37. The quantitative estimate of drug-likeness (QED) is 0.628. The van der Waals surface area contributed by atoms with E-state index in [-0.39, 0.29) is 5.91 Å².